The van der Waals surface area contributed by atoms with E-state index in [0.717, 1.165) is 6.42 Å². The largest absolute Gasteiger partial charge is 0.462 e. The zero-order valence-electron chi connectivity index (χ0n) is 22.8. The van der Waals surface area contributed by atoms with Crippen molar-refractivity contribution in [3.63, 3.8) is 0 Å². The molecule has 10 nitrogen and oxygen atoms in total. The molecule has 3 saturated heterocycles. The third-order valence-electron chi connectivity index (χ3n) is 10.3. The summed E-state index contributed by atoms with van der Waals surface area (Å²) >= 11 is 0. The molecular formula is C29H38O10. The fourth-order valence-corrected chi connectivity index (χ4v) is 7.55. The minimum Gasteiger partial charge on any atom is -0.462 e. The number of esters is 2. The van der Waals surface area contributed by atoms with Gasteiger partial charge in [-0.25, -0.2) is 9.59 Å². The number of aliphatic hydroxyl groups excluding tert-OH is 2. The summed E-state index contributed by atoms with van der Waals surface area (Å²) in [5, 5.41) is 20.6. The maximum atomic E-state index is 13.0. The average Bonchev–Trinajstić information content (AvgIpc) is 3.79. The van der Waals surface area contributed by atoms with Gasteiger partial charge in [0.05, 0.1) is 48.6 Å². The number of allylic oxidation sites excluding steroid dienone is 2. The monoisotopic (exact) mass is 546 g/mol. The van der Waals surface area contributed by atoms with Gasteiger partial charge in [-0.05, 0) is 39.2 Å². The van der Waals surface area contributed by atoms with Gasteiger partial charge in [-0.2, -0.15) is 0 Å². The molecule has 6 rings (SSSR count). The van der Waals surface area contributed by atoms with E-state index >= 15 is 0 Å². The minimum absolute atomic E-state index is 0.0356. The standard InChI is InChI=1S/C29H38O10/c1-16-11-23(33)35-14-28-10-9-26(3)24(39-26)25(28)38-21-12-20(27(28,4)29(21)15-36-29)37-22(32)8-6-5-7-19(17(2)30)34-13-18(16)31/h5-8,11,17-21,24-25,30-31H,9-10,12-15H2,1-4H3/b7-5+,8-6-,16-11+/t17-,18-,19+,20+,21+,24-,25+,26+,27+,28+,29-/m0/s1. The SMILES string of the molecule is C/C1=C\C(=O)OC[C@]23CC[C@@]4(C)O[C@H]4[C@H]2O[C@@H]2C[C@@H](OC(=O)/C=C\C=C\[C@H]([C@H](C)O)OC[C@@H]1O)[C@@]3(C)[C@]21CO1. The molecule has 6 aliphatic rings. The first-order valence-corrected chi connectivity index (χ1v) is 13.8. The number of rotatable bonds is 1. The van der Waals surface area contributed by atoms with Gasteiger partial charge in [-0.1, -0.05) is 25.2 Å². The van der Waals surface area contributed by atoms with Crippen LogP contribution >= 0.6 is 0 Å². The molecule has 0 amide bonds. The molecule has 39 heavy (non-hydrogen) atoms. The molecule has 2 spiro atoms. The maximum Gasteiger partial charge on any atom is 0.331 e. The van der Waals surface area contributed by atoms with Crippen LogP contribution in [0.5, 0.6) is 0 Å². The maximum absolute atomic E-state index is 13.0. The highest BCUT2D eigenvalue weighted by molar-refractivity contribution is 5.83. The summed E-state index contributed by atoms with van der Waals surface area (Å²) in [5.74, 6) is -1.10. The number of ether oxygens (including phenoxy) is 6. The molecule has 214 valence electrons. The lowest BCUT2D eigenvalue weighted by Gasteiger charge is -2.58. The van der Waals surface area contributed by atoms with Gasteiger partial charge in [0, 0.05) is 24.0 Å². The molecule has 2 N–H and O–H groups in total. The molecule has 4 heterocycles. The summed E-state index contributed by atoms with van der Waals surface area (Å²) in [6.45, 7) is 7.74. The third kappa shape index (κ3) is 4.06. The van der Waals surface area contributed by atoms with E-state index in [1.807, 2.05) is 0 Å². The molecule has 4 aliphatic heterocycles. The van der Waals surface area contributed by atoms with Crippen LogP contribution in [0.4, 0.5) is 0 Å². The lowest BCUT2D eigenvalue weighted by atomic mass is 9.50. The van der Waals surface area contributed by atoms with Crippen molar-refractivity contribution in [3.05, 3.63) is 36.0 Å². The molecule has 0 aromatic rings. The van der Waals surface area contributed by atoms with Crippen molar-refractivity contribution in [1.82, 2.24) is 0 Å². The van der Waals surface area contributed by atoms with Gasteiger partial charge in [0.2, 0.25) is 0 Å². The normalized spacial score (nSPS) is 53.0. The summed E-state index contributed by atoms with van der Waals surface area (Å²) < 4.78 is 36.7. The molecule has 5 fully saturated rings. The Morgan fingerprint density at radius 2 is 1.82 bits per heavy atom. The molecule has 2 saturated carbocycles. The summed E-state index contributed by atoms with van der Waals surface area (Å²) in [6, 6.07) is 0. The Morgan fingerprint density at radius 1 is 1.05 bits per heavy atom. The van der Waals surface area contributed by atoms with E-state index in [2.05, 4.69) is 13.8 Å². The summed E-state index contributed by atoms with van der Waals surface area (Å²) in [7, 11) is 0. The van der Waals surface area contributed by atoms with E-state index in [4.69, 9.17) is 28.4 Å². The van der Waals surface area contributed by atoms with Crippen molar-refractivity contribution in [3.8, 4) is 0 Å². The number of fused-ring (bicyclic) bond motifs is 2. The smallest absolute Gasteiger partial charge is 0.331 e. The number of epoxide rings is 2. The first-order valence-electron chi connectivity index (χ1n) is 13.8. The average molecular weight is 547 g/mol. The predicted octanol–water partition coefficient (Wildman–Crippen LogP) is 1.52. The Hall–Kier alpha value is -2.08. The van der Waals surface area contributed by atoms with Crippen LogP contribution < -0.4 is 0 Å². The highest BCUT2D eigenvalue weighted by Gasteiger charge is 2.86. The Kier molecular flexibility index (Phi) is 6.41. The van der Waals surface area contributed by atoms with Crippen molar-refractivity contribution in [1.29, 1.82) is 0 Å². The lowest BCUT2D eigenvalue weighted by molar-refractivity contribution is -0.250. The van der Waals surface area contributed by atoms with Crippen molar-refractivity contribution in [2.45, 2.75) is 101 Å². The van der Waals surface area contributed by atoms with Gasteiger partial charge in [0.1, 0.15) is 30.5 Å². The summed E-state index contributed by atoms with van der Waals surface area (Å²) in [5.41, 5.74) is -1.91. The summed E-state index contributed by atoms with van der Waals surface area (Å²) in [4.78, 5) is 26.0. The van der Waals surface area contributed by atoms with Crippen molar-refractivity contribution < 1.29 is 48.2 Å². The van der Waals surface area contributed by atoms with E-state index in [1.165, 1.54) is 12.2 Å². The summed E-state index contributed by atoms with van der Waals surface area (Å²) in [6.07, 6.45) is 5.28. The van der Waals surface area contributed by atoms with Crippen molar-refractivity contribution >= 4 is 11.9 Å². The van der Waals surface area contributed by atoms with Gasteiger partial charge in [0.15, 0.2) is 0 Å². The van der Waals surface area contributed by atoms with Gasteiger partial charge in [-0.3, -0.25) is 0 Å². The predicted molar refractivity (Wildman–Crippen MR) is 135 cm³/mol. The van der Waals surface area contributed by atoms with Crippen LogP contribution in [0.15, 0.2) is 36.0 Å². The molecule has 0 radical (unpaired) electrons. The molecule has 2 aliphatic carbocycles. The van der Waals surface area contributed by atoms with Crippen LogP contribution in [0.2, 0.25) is 0 Å². The number of aliphatic hydroxyl groups is 2. The van der Waals surface area contributed by atoms with Crippen LogP contribution in [0.1, 0.15) is 47.0 Å². The first kappa shape index (κ1) is 27.1. The Morgan fingerprint density at radius 3 is 2.54 bits per heavy atom. The Balaban J connectivity index is 1.37. The van der Waals surface area contributed by atoms with Crippen LogP contribution in [-0.4, -0.2) is 95.9 Å². The highest BCUT2D eigenvalue weighted by atomic mass is 16.7. The van der Waals surface area contributed by atoms with Crippen LogP contribution in [0.3, 0.4) is 0 Å². The van der Waals surface area contributed by atoms with E-state index < -0.39 is 52.8 Å². The zero-order valence-corrected chi connectivity index (χ0v) is 22.8. The highest BCUT2D eigenvalue weighted by Crippen LogP contribution is 2.75. The van der Waals surface area contributed by atoms with E-state index in [9.17, 15) is 19.8 Å². The fourth-order valence-electron chi connectivity index (χ4n) is 7.55. The number of hydrogen-bond acceptors (Lipinski definition) is 10. The Bertz CT molecular complexity index is 1120. The van der Waals surface area contributed by atoms with Crippen LogP contribution in [0, 0.1) is 10.8 Å². The second-order valence-electron chi connectivity index (χ2n) is 12.4. The van der Waals surface area contributed by atoms with Gasteiger partial charge in [-0.15, -0.1) is 0 Å². The number of carbonyl (C=O) groups is 2. The molecule has 10 heteroatoms. The van der Waals surface area contributed by atoms with Gasteiger partial charge >= 0.3 is 11.9 Å². The van der Waals surface area contributed by atoms with E-state index in [0.29, 0.717) is 25.0 Å². The zero-order chi connectivity index (χ0) is 27.8. The quantitative estimate of drug-likeness (QED) is 0.368. The molecule has 0 aromatic carbocycles. The lowest BCUT2D eigenvalue weighted by Crippen LogP contribution is -2.69. The van der Waals surface area contributed by atoms with E-state index in [1.54, 1.807) is 32.1 Å². The van der Waals surface area contributed by atoms with Crippen molar-refractivity contribution in [2.24, 2.45) is 10.8 Å². The van der Waals surface area contributed by atoms with Crippen LogP contribution in [0.25, 0.3) is 0 Å². The number of carbonyl (C=O) groups excluding carboxylic acids is 2. The second kappa shape index (κ2) is 9.22. The molecule has 11 atom stereocenters. The Labute approximate surface area is 227 Å². The van der Waals surface area contributed by atoms with Gasteiger partial charge < -0.3 is 38.6 Å². The third-order valence-corrected chi connectivity index (χ3v) is 10.3. The van der Waals surface area contributed by atoms with E-state index in [-0.39, 0.29) is 37.1 Å². The molecule has 0 unspecified atom stereocenters. The first-order chi connectivity index (χ1) is 18.5. The number of hydrogen-bond donors (Lipinski definition) is 2. The van der Waals surface area contributed by atoms with Gasteiger partial charge in [0.25, 0.3) is 0 Å². The minimum atomic E-state index is -1.07. The molecular weight excluding hydrogens is 508 g/mol. The molecule has 2 bridgehead atoms. The van der Waals surface area contributed by atoms with Crippen molar-refractivity contribution in [2.75, 3.05) is 19.8 Å². The topological polar surface area (TPSA) is 137 Å². The second-order valence-corrected chi connectivity index (χ2v) is 12.4. The number of cyclic esters (lactones) is 1. The fraction of sp³-hybridized carbons (Fsp3) is 0.724. The van der Waals surface area contributed by atoms with Crippen LogP contribution in [-0.2, 0) is 38.0 Å². The molecule has 0 aromatic heterocycles.